The van der Waals surface area contributed by atoms with E-state index < -0.39 is 0 Å². The minimum absolute atomic E-state index is 0.0249. The van der Waals surface area contributed by atoms with E-state index in [-0.39, 0.29) is 29.5 Å². The Morgan fingerprint density at radius 2 is 2.05 bits per heavy atom. The molecule has 2 rings (SSSR count). The average molecular weight is 331 g/mol. The number of carbonyl (C=O) groups is 2. The predicted octanol–water partition coefficient (Wildman–Crippen LogP) is 1.77. The second-order valence-corrected chi connectivity index (χ2v) is 5.98. The van der Waals surface area contributed by atoms with Gasteiger partial charge in [-0.15, -0.1) is 0 Å². The first kappa shape index (κ1) is 14.4. The van der Waals surface area contributed by atoms with Crippen LogP contribution in [0.15, 0.2) is 12.7 Å². The number of alkyl halides is 1. The van der Waals surface area contributed by atoms with Crippen molar-refractivity contribution in [3.8, 4) is 0 Å². The topological polar surface area (TPSA) is 49.9 Å². The molecule has 1 atom stereocenters. The molecule has 0 radical (unpaired) electrons. The number of halogens is 1. The van der Waals surface area contributed by atoms with Gasteiger partial charge in [0.05, 0.1) is 4.83 Å². The standard InChI is InChI=1S/C13H19BrN2O3/c1-2-9-19-13(18)15-6-3-10(4-7-15)16-8-5-11(14)12(16)17/h2,10-11H,1,3-9H2. The van der Waals surface area contributed by atoms with Crippen molar-refractivity contribution in [3.63, 3.8) is 0 Å². The second-order valence-electron chi connectivity index (χ2n) is 4.87. The van der Waals surface area contributed by atoms with Gasteiger partial charge in [-0.3, -0.25) is 4.79 Å². The molecule has 2 aliphatic heterocycles. The van der Waals surface area contributed by atoms with Gasteiger partial charge in [-0.05, 0) is 19.3 Å². The van der Waals surface area contributed by atoms with Gasteiger partial charge in [-0.2, -0.15) is 0 Å². The van der Waals surface area contributed by atoms with Crippen LogP contribution in [0.2, 0.25) is 0 Å². The van der Waals surface area contributed by atoms with Crippen molar-refractivity contribution in [2.75, 3.05) is 26.2 Å². The summed E-state index contributed by atoms with van der Waals surface area (Å²) >= 11 is 3.39. The van der Waals surface area contributed by atoms with E-state index in [0.717, 1.165) is 25.8 Å². The van der Waals surface area contributed by atoms with Crippen molar-refractivity contribution >= 4 is 27.9 Å². The zero-order valence-corrected chi connectivity index (χ0v) is 12.5. The van der Waals surface area contributed by atoms with Crippen molar-refractivity contribution in [1.82, 2.24) is 9.80 Å². The highest BCUT2D eigenvalue weighted by Crippen LogP contribution is 2.25. The number of likely N-dealkylation sites (tertiary alicyclic amines) is 2. The summed E-state index contributed by atoms with van der Waals surface area (Å²) < 4.78 is 5.01. The SMILES string of the molecule is C=CCOC(=O)N1CCC(N2CCC(Br)C2=O)CC1. The number of rotatable bonds is 3. The Bertz CT molecular complexity index is 367. The van der Waals surface area contributed by atoms with Gasteiger partial charge in [0, 0.05) is 25.7 Å². The fraction of sp³-hybridized carbons (Fsp3) is 0.692. The van der Waals surface area contributed by atoms with E-state index >= 15 is 0 Å². The maximum Gasteiger partial charge on any atom is 0.410 e. The van der Waals surface area contributed by atoms with Crippen molar-refractivity contribution < 1.29 is 14.3 Å². The number of nitrogens with zero attached hydrogens (tertiary/aromatic N) is 2. The minimum Gasteiger partial charge on any atom is -0.445 e. The summed E-state index contributed by atoms with van der Waals surface area (Å²) in [6.07, 6.45) is 3.80. The molecule has 0 aromatic heterocycles. The molecular weight excluding hydrogens is 312 g/mol. The van der Waals surface area contributed by atoms with Crippen LogP contribution in [0.4, 0.5) is 4.79 Å². The first-order valence-electron chi connectivity index (χ1n) is 6.60. The van der Waals surface area contributed by atoms with Crippen LogP contribution in [-0.2, 0) is 9.53 Å². The smallest absolute Gasteiger partial charge is 0.410 e. The van der Waals surface area contributed by atoms with Gasteiger partial charge in [-0.1, -0.05) is 28.6 Å². The van der Waals surface area contributed by atoms with E-state index in [9.17, 15) is 9.59 Å². The molecule has 106 valence electrons. The summed E-state index contributed by atoms with van der Waals surface area (Å²) in [5.74, 6) is 0.188. The molecule has 0 spiro atoms. The second kappa shape index (κ2) is 6.41. The van der Waals surface area contributed by atoms with Crippen LogP contribution in [-0.4, -0.2) is 58.9 Å². The van der Waals surface area contributed by atoms with Gasteiger partial charge in [0.2, 0.25) is 5.91 Å². The zero-order chi connectivity index (χ0) is 13.8. The number of carbonyl (C=O) groups excluding carboxylic acids is 2. The fourth-order valence-electron chi connectivity index (χ4n) is 2.61. The molecule has 0 N–H and O–H groups in total. The van der Waals surface area contributed by atoms with E-state index in [1.165, 1.54) is 0 Å². The molecule has 1 unspecified atom stereocenters. The Balaban J connectivity index is 1.81. The summed E-state index contributed by atoms with van der Waals surface area (Å²) in [5.41, 5.74) is 0. The van der Waals surface area contributed by atoms with Crippen LogP contribution in [0.3, 0.4) is 0 Å². The van der Waals surface area contributed by atoms with E-state index in [0.29, 0.717) is 13.1 Å². The molecule has 2 amide bonds. The molecule has 0 saturated carbocycles. The molecule has 6 heteroatoms. The van der Waals surface area contributed by atoms with Crippen LogP contribution in [0.5, 0.6) is 0 Å². The first-order chi connectivity index (χ1) is 9.13. The molecule has 0 aromatic carbocycles. The van der Waals surface area contributed by atoms with Crippen molar-refractivity contribution in [2.24, 2.45) is 0 Å². The molecule has 2 saturated heterocycles. The minimum atomic E-state index is -0.288. The Hall–Kier alpha value is -1.04. The van der Waals surface area contributed by atoms with E-state index in [1.54, 1.807) is 11.0 Å². The number of hydrogen-bond donors (Lipinski definition) is 0. The average Bonchev–Trinajstić information content (AvgIpc) is 2.76. The number of ether oxygens (including phenoxy) is 1. The van der Waals surface area contributed by atoms with Gasteiger partial charge >= 0.3 is 6.09 Å². The summed E-state index contributed by atoms with van der Waals surface area (Å²) in [7, 11) is 0. The lowest BCUT2D eigenvalue weighted by Gasteiger charge is -2.36. The van der Waals surface area contributed by atoms with Gasteiger partial charge < -0.3 is 14.5 Å². The highest BCUT2D eigenvalue weighted by molar-refractivity contribution is 9.10. The van der Waals surface area contributed by atoms with Gasteiger partial charge in [0.1, 0.15) is 6.61 Å². The third kappa shape index (κ3) is 3.29. The molecule has 0 aliphatic carbocycles. The Labute approximate surface area is 121 Å². The normalized spacial score (nSPS) is 24.7. The Morgan fingerprint density at radius 3 is 2.58 bits per heavy atom. The van der Waals surface area contributed by atoms with Gasteiger partial charge in [0.25, 0.3) is 0 Å². The summed E-state index contributed by atoms with van der Waals surface area (Å²) in [5, 5.41) is 0. The predicted molar refractivity (Wildman–Crippen MR) is 75.2 cm³/mol. The Morgan fingerprint density at radius 1 is 1.37 bits per heavy atom. The number of hydrogen-bond acceptors (Lipinski definition) is 3. The summed E-state index contributed by atoms with van der Waals surface area (Å²) in [6, 6.07) is 0.263. The summed E-state index contributed by atoms with van der Waals surface area (Å²) in [6.45, 7) is 5.88. The van der Waals surface area contributed by atoms with Crippen LogP contribution < -0.4 is 0 Å². The zero-order valence-electron chi connectivity index (χ0n) is 10.9. The van der Waals surface area contributed by atoms with Crippen LogP contribution in [0.1, 0.15) is 19.3 Å². The van der Waals surface area contributed by atoms with Crippen molar-refractivity contribution in [2.45, 2.75) is 30.1 Å². The lowest BCUT2D eigenvalue weighted by atomic mass is 10.0. The monoisotopic (exact) mass is 330 g/mol. The maximum absolute atomic E-state index is 11.9. The lowest BCUT2D eigenvalue weighted by molar-refractivity contribution is -0.129. The molecule has 2 fully saturated rings. The molecule has 2 heterocycles. The van der Waals surface area contributed by atoms with E-state index in [2.05, 4.69) is 22.5 Å². The Kier molecular flexibility index (Phi) is 4.85. The third-order valence-corrected chi connectivity index (χ3v) is 4.51. The largest absolute Gasteiger partial charge is 0.445 e. The molecule has 19 heavy (non-hydrogen) atoms. The van der Waals surface area contributed by atoms with Gasteiger partial charge in [-0.25, -0.2) is 4.79 Å². The number of piperidine rings is 1. The molecule has 0 aromatic rings. The molecule has 2 aliphatic rings. The molecule has 0 bridgehead atoms. The highest BCUT2D eigenvalue weighted by atomic mass is 79.9. The molecular formula is C13H19BrN2O3. The van der Waals surface area contributed by atoms with E-state index in [1.807, 2.05) is 4.90 Å². The molecule has 5 nitrogen and oxygen atoms in total. The fourth-order valence-corrected chi connectivity index (χ4v) is 3.08. The third-order valence-electron chi connectivity index (χ3n) is 3.66. The highest BCUT2D eigenvalue weighted by Gasteiger charge is 2.36. The van der Waals surface area contributed by atoms with Crippen LogP contribution >= 0.6 is 15.9 Å². The van der Waals surface area contributed by atoms with Gasteiger partial charge in [0.15, 0.2) is 0 Å². The number of amides is 2. The van der Waals surface area contributed by atoms with Crippen LogP contribution in [0.25, 0.3) is 0 Å². The maximum atomic E-state index is 11.9. The van der Waals surface area contributed by atoms with Crippen LogP contribution in [0, 0.1) is 0 Å². The first-order valence-corrected chi connectivity index (χ1v) is 7.52. The van der Waals surface area contributed by atoms with Crippen molar-refractivity contribution in [1.29, 1.82) is 0 Å². The summed E-state index contributed by atoms with van der Waals surface area (Å²) in [4.78, 5) is 27.2. The lowest BCUT2D eigenvalue weighted by Crippen LogP contribution is -2.47. The quantitative estimate of drug-likeness (QED) is 0.585. The van der Waals surface area contributed by atoms with E-state index in [4.69, 9.17) is 4.74 Å². The van der Waals surface area contributed by atoms with Crippen molar-refractivity contribution in [3.05, 3.63) is 12.7 Å².